The summed E-state index contributed by atoms with van der Waals surface area (Å²) < 4.78 is 2.29. The first-order valence-electron chi connectivity index (χ1n) is 8.24. The number of hydrogen-bond donors (Lipinski definition) is 0. The normalized spacial score (nSPS) is 13.5. The highest BCUT2D eigenvalue weighted by Crippen LogP contribution is 2.48. The van der Waals surface area contributed by atoms with E-state index < -0.39 is 0 Å². The first-order valence-corrected chi connectivity index (χ1v) is 8.24. The monoisotopic (exact) mass is 313 g/mol. The van der Waals surface area contributed by atoms with E-state index in [1.165, 1.54) is 44.6 Å². The second kappa shape index (κ2) is 4.54. The summed E-state index contributed by atoms with van der Waals surface area (Å²) in [5, 5.41) is 2.62. The Bertz CT molecular complexity index is 1110. The van der Waals surface area contributed by atoms with Crippen molar-refractivity contribution in [2.24, 2.45) is 7.05 Å². The van der Waals surface area contributed by atoms with Crippen LogP contribution < -0.4 is 9.80 Å². The molecule has 5 rings (SSSR count). The van der Waals surface area contributed by atoms with Gasteiger partial charge in [-0.15, -0.1) is 0 Å². The van der Waals surface area contributed by atoms with Gasteiger partial charge in [-0.2, -0.15) is 0 Å². The van der Waals surface area contributed by atoms with Crippen LogP contribution in [-0.2, 0) is 7.05 Å². The Morgan fingerprint density at radius 1 is 0.542 bits per heavy atom. The van der Waals surface area contributed by atoms with Crippen molar-refractivity contribution in [2.45, 2.75) is 0 Å². The number of fused-ring (bicyclic) bond motifs is 5. The zero-order valence-corrected chi connectivity index (χ0v) is 14.1. The summed E-state index contributed by atoms with van der Waals surface area (Å²) in [5.74, 6) is 0. The van der Waals surface area contributed by atoms with Crippen molar-refractivity contribution in [2.75, 3.05) is 23.9 Å². The summed E-state index contributed by atoms with van der Waals surface area (Å²) in [6.07, 6.45) is 0. The molecule has 3 aromatic carbocycles. The second-order valence-corrected chi connectivity index (χ2v) is 6.54. The van der Waals surface area contributed by atoms with E-state index in [-0.39, 0.29) is 0 Å². The van der Waals surface area contributed by atoms with Gasteiger partial charge in [0.05, 0.1) is 28.3 Å². The molecule has 0 atom stereocenters. The Morgan fingerprint density at radius 2 is 1.12 bits per heavy atom. The van der Waals surface area contributed by atoms with Crippen molar-refractivity contribution in [3.8, 4) is 0 Å². The lowest BCUT2D eigenvalue weighted by Crippen LogP contribution is -2.24. The fourth-order valence-corrected chi connectivity index (χ4v) is 4.01. The van der Waals surface area contributed by atoms with E-state index in [1.807, 2.05) is 0 Å². The molecule has 0 unspecified atom stereocenters. The predicted molar refractivity (Wildman–Crippen MR) is 103 cm³/mol. The average Bonchev–Trinajstić information content (AvgIpc) is 2.91. The van der Waals surface area contributed by atoms with Crippen molar-refractivity contribution in [1.82, 2.24) is 4.57 Å². The third kappa shape index (κ3) is 1.56. The predicted octanol–water partition coefficient (Wildman–Crippen LogP) is 5.18. The van der Waals surface area contributed by atoms with Crippen molar-refractivity contribution in [3.05, 3.63) is 60.7 Å². The van der Waals surface area contributed by atoms with Crippen LogP contribution in [0.4, 0.5) is 22.7 Å². The van der Waals surface area contributed by atoms with Gasteiger partial charge in [-0.1, -0.05) is 30.3 Å². The minimum absolute atomic E-state index is 1.24. The largest absolute Gasteiger partial charge is 0.344 e. The first-order chi connectivity index (χ1) is 11.7. The lowest BCUT2D eigenvalue weighted by molar-refractivity contribution is 1.01. The first kappa shape index (κ1) is 13.5. The fraction of sp³-hybridized carbons (Fsp3) is 0.143. The van der Waals surface area contributed by atoms with Gasteiger partial charge in [0.1, 0.15) is 0 Å². The molecule has 0 saturated heterocycles. The highest BCUT2D eigenvalue weighted by atomic mass is 15.2. The molecule has 0 saturated carbocycles. The molecule has 2 heterocycles. The summed E-state index contributed by atoms with van der Waals surface area (Å²) in [6.45, 7) is 0. The van der Waals surface area contributed by atoms with Gasteiger partial charge in [0, 0.05) is 37.4 Å². The van der Waals surface area contributed by atoms with Crippen LogP contribution in [0.5, 0.6) is 0 Å². The smallest absolute Gasteiger partial charge is 0.0671 e. The van der Waals surface area contributed by atoms with Crippen molar-refractivity contribution in [1.29, 1.82) is 0 Å². The number of hydrogen-bond acceptors (Lipinski definition) is 2. The Hall–Kier alpha value is -2.94. The van der Waals surface area contributed by atoms with Gasteiger partial charge in [-0.3, -0.25) is 0 Å². The van der Waals surface area contributed by atoms with Crippen LogP contribution >= 0.6 is 0 Å². The van der Waals surface area contributed by atoms with Gasteiger partial charge in [0.25, 0.3) is 0 Å². The third-order valence-electron chi connectivity index (χ3n) is 5.34. The van der Waals surface area contributed by atoms with Gasteiger partial charge in [0.15, 0.2) is 0 Å². The molecule has 3 heteroatoms. The Balaban J connectivity index is 1.88. The Morgan fingerprint density at radius 3 is 1.83 bits per heavy atom. The van der Waals surface area contributed by atoms with Crippen molar-refractivity contribution >= 4 is 44.6 Å². The van der Waals surface area contributed by atoms with Crippen molar-refractivity contribution in [3.63, 3.8) is 0 Å². The third-order valence-corrected chi connectivity index (χ3v) is 5.34. The molecule has 0 bridgehead atoms. The van der Waals surface area contributed by atoms with Crippen LogP contribution in [0, 0.1) is 0 Å². The number of benzene rings is 3. The fourth-order valence-electron chi connectivity index (χ4n) is 4.01. The summed E-state index contributed by atoms with van der Waals surface area (Å²) in [4.78, 5) is 4.59. The topological polar surface area (TPSA) is 11.4 Å². The standard InChI is InChI=1S/C21H19N3/c1-22-16-9-5-4-8-14(16)15-12-20-21(13-19(15)22)24(3)18-11-7-6-10-17(18)23(20)2/h4-13H,1-3H3. The summed E-state index contributed by atoms with van der Waals surface area (Å²) in [5.41, 5.74) is 7.53. The lowest BCUT2D eigenvalue weighted by atomic mass is 10.1. The second-order valence-electron chi connectivity index (χ2n) is 6.54. The minimum Gasteiger partial charge on any atom is -0.344 e. The highest BCUT2D eigenvalue weighted by molar-refractivity contribution is 6.12. The Kier molecular flexibility index (Phi) is 2.55. The SMILES string of the molecule is CN1c2ccccc2N(C)c2cc3c(cc21)c1ccccc1n3C. The number of anilines is 4. The summed E-state index contributed by atoms with van der Waals surface area (Å²) >= 11 is 0. The molecule has 118 valence electrons. The molecule has 1 aliphatic heterocycles. The van der Waals surface area contributed by atoms with Crippen LogP contribution in [0.25, 0.3) is 21.8 Å². The minimum atomic E-state index is 1.24. The molecule has 0 spiro atoms. The van der Waals surface area contributed by atoms with Gasteiger partial charge >= 0.3 is 0 Å². The maximum atomic E-state index is 2.33. The van der Waals surface area contributed by atoms with Gasteiger partial charge in [0.2, 0.25) is 0 Å². The number of rotatable bonds is 0. The molecule has 0 aliphatic carbocycles. The average molecular weight is 313 g/mol. The van der Waals surface area contributed by atoms with Crippen molar-refractivity contribution < 1.29 is 0 Å². The zero-order valence-electron chi connectivity index (χ0n) is 14.1. The van der Waals surface area contributed by atoms with Crippen LogP contribution in [0.2, 0.25) is 0 Å². The van der Waals surface area contributed by atoms with E-state index in [9.17, 15) is 0 Å². The van der Waals surface area contributed by atoms with E-state index >= 15 is 0 Å². The zero-order chi connectivity index (χ0) is 16.4. The molecule has 24 heavy (non-hydrogen) atoms. The summed E-state index contributed by atoms with van der Waals surface area (Å²) in [6, 6.07) is 21.8. The molecule has 3 nitrogen and oxygen atoms in total. The number of aryl methyl sites for hydroxylation is 1. The van der Waals surface area contributed by atoms with E-state index in [0.717, 1.165) is 0 Å². The molecule has 0 N–H and O–H groups in total. The van der Waals surface area contributed by atoms with Gasteiger partial charge in [-0.25, -0.2) is 0 Å². The Labute approximate surface area is 141 Å². The van der Waals surface area contributed by atoms with E-state index in [2.05, 4.69) is 96.2 Å². The molecular formula is C21H19N3. The van der Waals surface area contributed by atoms with Crippen LogP contribution in [-0.4, -0.2) is 18.7 Å². The number of para-hydroxylation sites is 3. The maximum absolute atomic E-state index is 2.33. The van der Waals surface area contributed by atoms with E-state index in [0.29, 0.717) is 0 Å². The van der Waals surface area contributed by atoms with Gasteiger partial charge < -0.3 is 14.4 Å². The van der Waals surface area contributed by atoms with E-state index in [4.69, 9.17) is 0 Å². The van der Waals surface area contributed by atoms with Gasteiger partial charge in [-0.05, 0) is 30.3 Å². The van der Waals surface area contributed by atoms with Crippen LogP contribution in [0.3, 0.4) is 0 Å². The van der Waals surface area contributed by atoms with Crippen LogP contribution in [0.15, 0.2) is 60.7 Å². The quantitative estimate of drug-likeness (QED) is 0.443. The van der Waals surface area contributed by atoms with E-state index in [1.54, 1.807) is 0 Å². The molecule has 1 aromatic heterocycles. The molecular weight excluding hydrogens is 294 g/mol. The highest BCUT2D eigenvalue weighted by Gasteiger charge is 2.25. The molecule has 0 fully saturated rings. The molecule has 0 amide bonds. The molecule has 0 radical (unpaired) electrons. The lowest BCUT2D eigenvalue weighted by Gasteiger charge is -2.36. The molecule has 4 aromatic rings. The maximum Gasteiger partial charge on any atom is 0.0671 e. The number of nitrogens with zero attached hydrogens (tertiary/aromatic N) is 3. The van der Waals surface area contributed by atoms with Crippen LogP contribution in [0.1, 0.15) is 0 Å². The number of aromatic nitrogens is 1. The summed E-state index contributed by atoms with van der Waals surface area (Å²) in [7, 11) is 6.46. The molecule has 1 aliphatic rings.